The van der Waals surface area contributed by atoms with Gasteiger partial charge in [0.15, 0.2) is 0 Å². The number of H-pyrrole nitrogens is 1. The number of amides is 2. The van der Waals surface area contributed by atoms with Crippen molar-refractivity contribution in [3.8, 4) is 11.3 Å². The van der Waals surface area contributed by atoms with Crippen LogP contribution in [0.15, 0.2) is 30.6 Å². The topological polar surface area (TPSA) is 82.2 Å². The van der Waals surface area contributed by atoms with Gasteiger partial charge in [-0.2, -0.15) is 5.10 Å². The van der Waals surface area contributed by atoms with Gasteiger partial charge in [-0.3, -0.25) is 19.7 Å². The van der Waals surface area contributed by atoms with Crippen LogP contribution in [0.5, 0.6) is 0 Å². The molecule has 28 heavy (non-hydrogen) atoms. The molecule has 0 spiro atoms. The average Bonchev–Trinajstić information content (AvgIpc) is 3.42. The molecule has 2 fully saturated rings. The molecule has 0 aromatic carbocycles. The van der Waals surface area contributed by atoms with Crippen LogP contribution >= 0.6 is 0 Å². The molecule has 2 aromatic heterocycles. The molecule has 148 valence electrons. The molecule has 1 saturated heterocycles. The molecule has 3 heterocycles. The van der Waals surface area contributed by atoms with Crippen molar-refractivity contribution in [3.05, 3.63) is 36.3 Å². The van der Waals surface area contributed by atoms with Crippen LogP contribution in [0.2, 0.25) is 0 Å². The maximum absolute atomic E-state index is 13.1. The number of rotatable bonds is 5. The fourth-order valence-electron chi connectivity index (χ4n) is 3.82. The summed E-state index contributed by atoms with van der Waals surface area (Å²) < 4.78 is 0. The smallest absolute Gasteiger partial charge is 0.271 e. The molecule has 7 nitrogen and oxygen atoms in total. The third-order valence-electron chi connectivity index (χ3n) is 5.72. The van der Waals surface area contributed by atoms with Crippen LogP contribution < -0.4 is 0 Å². The molecule has 1 saturated carbocycles. The first kappa shape index (κ1) is 18.7. The van der Waals surface area contributed by atoms with Crippen molar-refractivity contribution in [3.63, 3.8) is 0 Å². The second kappa shape index (κ2) is 7.73. The van der Waals surface area contributed by atoms with Crippen LogP contribution in [0.4, 0.5) is 0 Å². The summed E-state index contributed by atoms with van der Waals surface area (Å²) in [5.74, 6) is 1.01. The van der Waals surface area contributed by atoms with E-state index in [1.165, 1.54) is 12.8 Å². The largest absolute Gasteiger partial charge is 0.337 e. The van der Waals surface area contributed by atoms with Crippen LogP contribution in [-0.4, -0.2) is 62.5 Å². The van der Waals surface area contributed by atoms with E-state index in [-0.39, 0.29) is 17.9 Å². The number of aromatic nitrogens is 3. The Balaban J connectivity index is 1.52. The Morgan fingerprint density at radius 3 is 2.71 bits per heavy atom. The van der Waals surface area contributed by atoms with Gasteiger partial charge in [-0.25, -0.2) is 0 Å². The van der Waals surface area contributed by atoms with E-state index in [0.29, 0.717) is 42.7 Å². The minimum absolute atomic E-state index is 0.0575. The molecule has 2 aromatic rings. The summed E-state index contributed by atoms with van der Waals surface area (Å²) in [5.41, 5.74) is 2.08. The number of nitrogens with zero attached hydrogens (tertiary/aromatic N) is 4. The van der Waals surface area contributed by atoms with Crippen LogP contribution in [0.25, 0.3) is 11.3 Å². The van der Waals surface area contributed by atoms with E-state index in [2.05, 4.69) is 29.0 Å². The van der Waals surface area contributed by atoms with Gasteiger partial charge in [-0.1, -0.05) is 13.8 Å². The third kappa shape index (κ3) is 3.93. The molecule has 1 aliphatic heterocycles. The van der Waals surface area contributed by atoms with Gasteiger partial charge in [0, 0.05) is 44.0 Å². The van der Waals surface area contributed by atoms with Crippen molar-refractivity contribution in [2.75, 3.05) is 19.6 Å². The van der Waals surface area contributed by atoms with E-state index in [0.717, 1.165) is 12.1 Å². The summed E-state index contributed by atoms with van der Waals surface area (Å²) in [6.45, 7) is 6.11. The highest BCUT2D eigenvalue weighted by Crippen LogP contribution is 2.32. The van der Waals surface area contributed by atoms with E-state index < -0.39 is 0 Å². The Bertz CT molecular complexity index is 843. The highest BCUT2D eigenvalue weighted by Gasteiger charge is 2.37. The van der Waals surface area contributed by atoms with Crippen molar-refractivity contribution in [2.24, 2.45) is 11.8 Å². The van der Waals surface area contributed by atoms with Crippen molar-refractivity contribution in [1.29, 1.82) is 0 Å². The first-order chi connectivity index (χ1) is 13.5. The second-order valence-electron chi connectivity index (χ2n) is 8.20. The molecule has 1 N–H and O–H groups in total. The predicted molar refractivity (Wildman–Crippen MR) is 105 cm³/mol. The summed E-state index contributed by atoms with van der Waals surface area (Å²) in [4.78, 5) is 33.7. The molecule has 0 unspecified atom stereocenters. The van der Waals surface area contributed by atoms with Gasteiger partial charge < -0.3 is 9.80 Å². The molecule has 7 heteroatoms. The van der Waals surface area contributed by atoms with Gasteiger partial charge in [-0.15, -0.1) is 0 Å². The zero-order valence-electron chi connectivity index (χ0n) is 16.5. The molecular formula is C21H27N5O2. The summed E-state index contributed by atoms with van der Waals surface area (Å²) in [5, 5.41) is 7.15. The van der Waals surface area contributed by atoms with Crippen LogP contribution in [-0.2, 0) is 4.79 Å². The molecule has 0 radical (unpaired) electrons. The van der Waals surface area contributed by atoms with Crippen LogP contribution in [0.1, 0.15) is 43.6 Å². The van der Waals surface area contributed by atoms with E-state index >= 15 is 0 Å². The lowest BCUT2D eigenvalue weighted by molar-refractivity contribution is -0.133. The fourth-order valence-corrected chi connectivity index (χ4v) is 3.82. The van der Waals surface area contributed by atoms with Gasteiger partial charge in [0.1, 0.15) is 5.69 Å². The Morgan fingerprint density at radius 1 is 1.29 bits per heavy atom. The van der Waals surface area contributed by atoms with Gasteiger partial charge >= 0.3 is 0 Å². The lowest BCUT2D eigenvalue weighted by atomic mass is 10.0. The Kier molecular flexibility index (Phi) is 5.15. The number of aromatic amines is 1. The maximum Gasteiger partial charge on any atom is 0.271 e. The second-order valence-corrected chi connectivity index (χ2v) is 8.20. The quantitative estimate of drug-likeness (QED) is 0.863. The highest BCUT2D eigenvalue weighted by atomic mass is 16.2. The lowest BCUT2D eigenvalue weighted by Crippen LogP contribution is -2.48. The maximum atomic E-state index is 13.1. The lowest BCUT2D eigenvalue weighted by Gasteiger charge is -2.34. The highest BCUT2D eigenvalue weighted by molar-refractivity contribution is 5.94. The Morgan fingerprint density at radius 2 is 2.04 bits per heavy atom. The minimum Gasteiger partial charge on any atom is -0.337 e. The number of hydrogen-bond acceptors (Lipinski definition) is 4. The molecule has 0 bridgehead atoms. The normalized spacial score (nSPS) is 20.5. The zero-order valence-corrected chi connectivity index (χ0v) is 16.5. The van der Waals surface area contributed by atoms with E-state index in [1.54, 1.807) is 23.4 Å². The van der Waals surface area contributed by atoms with Gasteiger partial charge in [0.2, 0.25) is 5.91 Å². The van der Waals surface area contributed by atoms with Gasteiger partial charge in [0.25, 0.3) is 5.91 Å². The molecular weight excluding hydrogens is 354 g/mol. The number of carbonyl (C=O) groups excluding carboxylic acids is 2. The SMILES string of the molecule is CC(C)[C@H]1CN(C(=O)c2cc(-c3ccncc3)n[nH]2)CCC(=O)N1CC1CC1. The van der Waals surface area contributed by atoms with Crippen molar-refractivity contribution < 1.29 is 9.59 Å². The van der Waals surface area contributed by atoms with Gasteiger partial charge in [-0.05, 0) is 42.9 Å². The predicted octanol–water partition coefficient (Wildman–Crippen LogP) is 2.58. The fraction of sp³-hybridized carbons (Fsp3) is 0.524. The molecule has 2 aliphatic rings. The number of pyridine rings is 1. The summed E-state index contributed by atoms with van der Waals surface area (Å²) in [6, 6.07) is 5.55. The summed E-state index contributed by atoms with van der Waals surface area (Å²) in [7, 11) is 0. The molecule has 1 aliphatic carbocycles. The van der Waals surface area contributed by atoms with Gasteiger partial charge in [0.05, 0.1) is 11.7 Å². The van der Waals surface area contributed by atoms with Crippen molar-refractivity contribution in [2.45, 2.75) is 39.2 Å². The monoisotopic (exact) mass is 381 g/mol. The zero-order chi connectivity index (χ0) is 19.7. The molecule has 4 rings (SSSR count). The first-order valence-corrected chi connectivity index (χ1v) is 10.1. The standard InChI is InChI=1S/C21H27N5O2/c1-14(2)19-13-25(10-7-20(27)26(19)12-15-3-4-15)21(28)18-11-17(23-24-18)16-5-8-22-9-6-16/h5-6,8-9,11,14-15,19H,3-4,7,10,12-13H2,1-2H3,(H,23,24)/t19-/m1/s1. The Labute approximate surface area is 165 Å². The van der Waals surface area contributed by atoms with Crippen LogP contribution in [0, 0.1) is 11.8 Å². The van der Waals surface area contributed by atoms with E-state index in [1.807, 2.05) is 17.0 Å². The van der Waals surface area contributed by atoms with E-state index in [4.69, 9.17) is 0 Å². The number of carbonyl (C=O) groups is 2. The number of nitrogens with one attached hydrogen (secondary N) is 1. The van der Waals surface area contributed by atoms with Crippen LogP contribution in [0.3, 0.4) is 0 Å². The first-order valence-electron chi connectivity index (χ1n) is 10.1. The van der Waals surface area contributed by atoms with E-state index in [9.17, 15) is 9.59 Å². The minimum atomic E-state index is -0.0977. The van der Waals surface area contributed by atoms with Crippen molar-refractivity contribution in [1.82, 2.24) is 25.0 Å². The summed E-state index contributed by atoms with van der Waals surface area (Å²) >= 11 is 0. The molecule has 1 atom stereocenters. The average molecular weight is 381 g/mol. The van der Waals surface area contributed by atoms with Crippen molar-refractivity contribution >= 4 is 11.8 Å². The Hall–Kier alpha value is -2.70. The summed E-state index contributed by atoms with van der Waals surface area (Å²) in [6.07, 6.45) is 6.21. The number of hydrogen-bond donors (Lipinski definition) is 1. The molecule has 2 amide bonds. The third-order valence-corrected chi connectivity index (χ3v) is 5.72.